The number of alkyl halides is 2. The summed E-state index contributed by atoms with van der Waals surface area (Å²) in [5.74, 6) is -0.602. The molecule has 1 aliphatic rings. The maximum Gasteiger partial charge on any atom is 0.586 e. The first kappa shape index (κ1) is 18.5. The Morgan fingerprint density at radius 3 is 2.82 bits per heavy atom. The molecule has 0 atom stereocenters. The number of hydrogen-bond acceptors (Lipinski definition) is 6. The van der Waals surface area contributed by atoms with Crippen molar-refractivity contribution >= 4 is 40.2 Å². The van der Waals surface area contributed by atoms with Crippen molar-refractivity contribution in [3.8, 4) is 11.5 Å². The number of benzene rings is 1. The number of ether oxygens (including phenoxy) is 2. The Bertz CT molecular complexity index is 1040. The molecule has 0 aliphatic carbocycles. The van der Waals surface area contributed by atoms with E-state index in [1.807, 2.05) is 6.07 Å². The van der Waals surface area contributed by atoms with Crippen molar-refractivity contribution in [2.24, 2.45) is 0 Å². The highest BCUT2D eigenvalue weighted by atomic mass is 35.5. The van der Waals surface area contributed by atoms with Crippen molar-refractivity contribution in [2.45, 2.75) is 12.8 Å². The van der Waals surface area contributed by atoms with Crippen molar-refractivity contribution in [3.05, 3.63) is 63.6 Å². The van der Waals surface area contributed by atoms with E-state index >= 15 is 0 Å². The van der Waals surface area contributed by atoms with Gasteiger partial charge in [0.25, 0.3) is 5.91 Å². The van der Waals surface area contributed by atoms with Gasteiger partial charge in [-0.25, -0.2) is 4.98 Å². The van der Waals surface area contributed by atoms with E-state index in [9.17, 15) is 13.6 Å². The van der Waals surface area contributed by atoms with Crippen molar-refractivity contribution in [2.75, 3.05) is 10.6 Å². The molecule has 10 heteroatoms. The molecule has 6 nitrogen and oxygen atoms in total. The summed E-state index contributed by atoms with van der Waals surface area (Å²) in [6.07, 6.45) is -2.10. The lowest BCUT2D eigenvalue weighted by Gasteiger charge is -2.09. The number of thiophene rings is 1. The Hall–Kier alpha value is -2.91. The summed E-state index contributed by atoms with van der Waals surface area (Å²) in [4.78, 5) is 17.0. The first-order valence-corrected chi connectivity index (χ1v) is 9.28. The van der Waals surface area contributed by atoms with E-state index in [1.165, 1.54) is 29.5 Å². The number of rotatable bonds is 5. The Balaban J connectivity index is 1.44. The predicted octanol–water partition coefficient (Wildman–Crippen LogP) is 4.98. The third-order valence-electron chi connectivity index (χ3n) is 3.80. The van der Waals surface area contributed by atoms with E-state index < -0.39 is 6.29 Å². The van der Waals surface area contributed by atoms with Crippen molar-refractivity contribution in [3.63, 3.8) is 0 Å². The summed E-state index contributed by atoms with van der Waals surface area (Å²) in [6, 6.07) is 9.38. The van der Waals surface area contributed by atoms with Crippen LogP contribution in [0.5, 0.6) is 11.5 Å². The Kier molecular flexibility index (Phi) is 4.78. The van der Waals surface area contributed by atoms with Crippen LogP contribution in [-0.2, 0) is 6.54 Å². The van der Waals surface area contributed by atoms with Gasteiger partial charge in [-0.1, -0.05) is 11.6 Å². The summed E-state index contributed by atoms with van der Waals surface area (Å²) in [7, 11) is 0. The van der Waals surface area contributed by atoms with E-state index in [0.717, 1.165) is 5.56 Å². The molecule has 0 radical (unpaired) electrons. The molecular weight excluding hydrogens is 412 g/mol. The minimum absolute atomic E-state index is 0.0857. The molecule has 0 fully saturated rings. The quantitative estimate of drug-likeness (QED) is 0.566. The first-order valence-electron chi connectivity index (χ1n) is 8.03. The van der Waals surface area contributed by atoms with Gasteiger partial charge in [-0.05, 0) is 41.3 Å². The SMILES string of the molecule is O=C(Nc1ccc2c(c1)OC(F)(F)O2)c1sccc1NCc1ccnc(Cl)c1. The summed E-state index contributed by atoms with van der Waals surface area (Å²) in [5.41, 5.74) is 1.86. The van der Waals surface area contributed by atoms with Crippen LogP contribution >= 0.6 is 22.9 Å². The van der Waals surface area contributed by atoms with Gasteiger partial charge in [-0.3, -0.25) is 4.79 Å². The topological polar surface area (TPSA) is 72.5 Å². The van der Waals surface area contributed by atoms with Gasteiger partial charge in [0.2, 0.25) is 0 Å². The molecule has 144 valence electrons. The largest absolute Gasteiger partial charge is 0.586 e. The molecule has 28 heavy (non-hydrogen) atoms. The zero-order valence-electron chi connectivity index (χ0n) is 14.0. The third kappa shape index (κ3) is 4.00. The van der Waals surface area contributed by atoms with E-state index in [0.29, 0.717) is 27.9 Å². The summed E-state index contributed by atoms with van der Waals surface area (Å²) >= 11 is 7.12. The number of anilines is 2. The Morgan fingerprint density at radius 2 is 2.00 bits per heavy atom. The number of nitrogens with one attached hydrogen (secondary N) is 2. The van der Waals surface area contributed by atoms with Gasteiger partial charge in [-0.15, -0.1) is 20.1 Å². The van der Waals surface area contributed by atoms with Crippen LogP contribution < -0.4 is 20.1 Å². The molecule has 3 heterocycles. The number of hydrogen-bond donors (Lipinski definition) is 2. The van der Waals surface area contributed by atoms with Gasteiger partial charge in [0.1, 0.15) is 10.0 Å². The van der Waals surface area contributed by atoms with Gasteiger partial charge < -0.3 is 20.1 Å². The number of nitrogens with zero attached hydrogens (tertiary/aromatic N) is 1. The molecule has 2 N–H and O–H groups in total. The molecular formula is C18H12ClF2N3O3S. The molecule has 0 bridgehead atoms. The van der Waals surface area contributed by atoms with Crippen LogP contribution in [0.2, 0.25) is 5.15 Å². The molecule has 3 aromatic rings. The molecule has 1 aromatic carbocycles. The first-order chi connectivity index (χ1) is 13.4. The number of aromatic nitrogens is 1. The highest BCUT2D eigenvalue weighted by Crippen LogP contribution is 2.42. The zero-order chi connectivity index (χ0) is 19.7. The smallest absolute Gasteiger partial charge is 0.395 e. The maximum absolute atomic E-state index is 13.1. The minimum Gasteiger partial charge on any atom is -0.395 e. The summed E-state index contributed by atoms with van der Waals surface area (Å²) < 4.78 is 34.9. The van der Waals surface area contributed by atoms with Crippen LogP contribution in [0.1, 0.15) is 15.2 Å². The second-order valence-electron chi connectivity index (χ2n) is 5.79. The number of pyridine rings is 1. The van der Waals surface area contributed by atoms with Crippen LogP contribution in [0, 0.1) is 0 Å². The average Bonchev–Trinajstić information content (AvgIpc) is 3.22. The van der Waals surface area contributed by atoms with Gasteiger partial charge in [0.15, 0.2) is 11.5 Å². The highest BCUT2D eigenvalue weighted by Gasteiger charge is 2.43. The van der Waals surface area contributed by atoms with Gasteiger partial charge in [0, 0.05) is 24.5 Å². The van der Waals surface area contributed by atoms with E-state index in [-0.39, 0.29) is 17.4 Å². The van der Waals surface area contributed by atoms with Crippen LogP contribution in [0.15, 0.2) is 48.0 Å². The predicted molar refractivity (Wildman–Crippen MR) is 101 cm³/mol. The van der Waals surface area contributed by atoms with Crippen molar-refractivity contribution < 1.29 is 23.0 Å². The lowest BCUT2D eigenvalue weighted by Crippen LogP contribution is -2.25. The van der Waals surface area contributed by atoms with Gasteiger partial charge in [0.05, 0.1) is 5.69 Å². The molecule has 0 unspecified atom stereocenters. The van der Waals surface area contributed by atoms with Gasteiger partial charge >= 0.3 is 6.29 Å². The molecule has 4 rings (SSSR count). The van der Waals surface area contributed by atoms with Crippen LogP contribution in [0.4, 0.5) is 20.2 Å². The van der Waals surface area contributed by atoms with Crippen molar-refractivity contribution in [1.82, 2.24) is 4.98 Å². The molecule has 1 aliphatic heterocycles. The minimum atomic E-state index is -3.70. The number of carbonyl (C=O) groups is 1. The third-order valence-corrected chi connectivity index (χ3v) is 4.92. The summed E-state index contributed by atoms with van der Waals surface area (Å²) in [5, 5.41) is 8.00. The fraction of sp³-hybridized carbons (Fsp3) is 0.111. The monoisotopic (exact) mass is 423 g/mol. The summed E-state index contributed by atoms with van der Waals surface area (Å²) in [6.45, 7) is 0.457. The second kappa shape index (κ2) is 7.25. The standard InChI is InChI=1S/C18H12ClF2N3O3S/c19-15-7-10(3-5-22-15)9-23-12-4-6-28-16(12)17(25)24-11-1-2-13-14(8-11)27-18(20,21)26-13/h1-8,23H,9H2,(H,24,25). The van der Waals surface area contributed by atoms with E-state index in [4.69, 9.17) is 11.6 Å². The van der Waals surface area contributed by atoms with Crippen LogP contribution in [-0.4, -0.2) is 17.2 Å². The lowest BCUT2D eigenvalue weighted by atomic mass is 10.2. The normalized spacial score (nSPS) is 14.0. The molecule has 0 saturated carbocycles. The van der Waals surface area contributed by atoms with E-state index in [2.05, 4.69) is 25.1 Å². The maximum atomic E-state index is 13.1. The molecule has 2 aromatic heterocycles. The highest BCUT2D eigenvalue weighted by molar-refractivity contribution is 7.12. The van der Waals surface area contributed by atoms with Crippen LogP contribution in [0.25, 0.3) is 0 Å². The molecule has 0 saturated heterocycles. The number of carbonyl (C=O) groups excluding carboxylic acids is 1. The molecule has 0 spiro atoms. The average molecular weight is 424 g/mol. The fourth-order valence-corrected chi connectivity index (χ4v) is 3.55. The zero-order valence-corrected chi connectivity index (χ0v) is 15.6. The van der Waals surface area contributed by atoms with Crippen LogP contribution in [0.3, 0.4) is 0 Å². The second-order valence-corrected chi connectivity index (χ2v) is 7.09. The number of fused-ring (bicyclic) bond motifs is 1. The Labute approximate surface area is 167 Å². The fourth-order valence-electron chi connectivity index (χ4n) is 2.59. The van der Waals surface area contributed by atoms with Gasteiger partial charge in [-0.2, -0.15) is 0 Å². The number of halogens is 3. The molecule has 1 amide bonds. The number of amides is 1. The lowest BCUT2D eigenvalue weighted by molar-refractivity contribution is -0.286. The van der Waals surface area contributed by atoms with E-state index in [1.54, 1.807) is 23.7 Å². The Morgan fingerprint density at radius 1 is 1.18 bits per heavy atom. The van der Waals surface area contributed by atoms with Crippen molar-refractivity contribution in [1.29, 1.82) is 0 Å².